The number of aryl methyl sites for hydroxylation is 2. The van der Waals surface area contributed by atoms with Crippen LogP contribution in [0.4, 0.5) is 0 Å². The predicted octanol–water partition coefficient (Wildman–Crippen LogP) is 5.76. The van der Waals surface area contributed by atoms with Gasteiger partial charge in [0.1, 0.15) is 0 Å². The minimum absolute atomic E-state index is 0.123. The Morgan fingerprint density at radius 3 is 2.61 bits per heavy atom. The monoisotopic (exact) mass is 473 g/mol. The van der Waals surface area contributed by atoms with Crippen LogP contribution in [0, 0.1) is 13.8 Å². The molecular weight excluding hydrogens is 450 g/mol. The molecule has 1 amide bonds. The highest BCUT2D eigenvalue weighted by atomic mass is 79.9. The molecule has 0 unspecified atom stereocenters. The van der Waals surface area contributed by atoms with Crippen LogP contribution in [-0.2, 0) is 17.8 Å². The van der Waals surface area contributed by atoms with E-state index in [2.05, 4.69) is 79.7 Å². The molecule has 5 heteroatoms. The van der Waals surface area contributed by atoms with Crippen LogP contribution in [0.25, 0.3) is 10.9 Å². The molecule has 0 atom stereocenters. The van der Waals surface area contributed by atoms with E-state index in [1.807, 2.05) is 38.1 Å². The van der Waals surface area contributed by atoms with Gasteiger partial charge < -0.3 is 4.57 Å². The van der Waals surface area contributed by atoms with Crippen molar-refractivity contribution in [3.8, 4) is 0 Å². The molecule has 0 aliphatic rings. The first-order valence-electron chi connectivity index (χ1n) is 10.2. The lowest BCUT2D eigenvalue weighted by Gasteiger charge is -2.05. The Morgan fingerprint density at radius 1 is 1.06 bits per heavy atom. The van der Waals surface area contributed by atoms with E-state index in [1.165, 1.54) is 11.1 Å². The third kappa shape index (κ3) is 5.12. The number of hydrazone groups is 1. The molecule has 0 radical (unpaired) electrons. The second kappa shape index (κ2) is 9.31. The molecule has 31 heavy (non-hydrogen) atoms. The van der Waals surface area contributed by atoms with Crippen molar-refractivity contribution in [2.45, 2.75) is 26.8 Å². The number of fused-ring (bicyclic) bond motifs is 1. The van der Waals surface area contributed by atoms with Crippen molar-refractivity contribution in [2.24, 2.45) is 5.10 Å². The largest absolute Gasteiger partial charge is 0.342 e. The molecule has 0 saturated heterocycles. The minimum Gasteiger partial charge on any atom is -0.342 e. The molecule has 0 bridgehead atoms. The molecule has 1 heterocycles. The van der Waals surface area contributed by atoms with Gasteiger partial charge >= 0.3 is 0 Å². The van der Waals surface area contributed by atoms with Crippen molar-refractivity contribution < 1.29 is 4.79 Å². The summed E-state index contributed by atoms with van der Waals surface area (Å²) in [5.41, 5.74) is 9.32. The lowest BCUT2D eigenvalue weighted by molar-refractivity contribution is -0.120. The third-order valence-electron chi connectivity index (χ3n) is 5.33. The summed E-state index contributed by atoms with van der Waals surface area (Å²) in [7, 11) is 0. The maximum absolute atomic E-state index is 12.3. The molecule has 4 rings (SSSR count). The number of hydrogen-bond donors (Lipinski definition) is 1. The van der Waals surface area contributed by atoms with Crippen LogP contribution in [0.5, 0.6) is 0 Å². The van der Waals surface area contributed by atoms with Gasteiger partial charge in [-0.15, -0.1) is 0 Å². The lowest BCUT2D eigenvalue weighted by atomic mass is 10.0. The normalized spacial score (nSPS) is 11.3. The van der Waals surface area contributed by atoms with E-state index >= 15 is 0 Å². The number of amides is 1. The van der Waals surface area contributed by atoms with Crippen molar-refractivity contribution in [1.82, 2.24) is 9.99 Å². The van der Waals surface area contributed by atoms with Gasteiger partial charge in [-0.1, -0.05) is 70.0 Å². The quantitative estimate of drug-likeness (QED) is 0.280. The number of nitrogens with zero attached hydrogens (tertiary/aromatic N) is 2. The average Bonchev–Trinajstić information content (AvgIpc) is 3.09. The number of carbonyl (C=O) groups excluding carboxylic acids is 1. The first-order valence-corrected chi connectivity index (χ1v) is 11.0. The first kappa shape index (κ1) is 21.1. The zero-order valence-corrected chi connectivity index (χ0v) is 19.2. The van der Waals surface area contributed by atoms with E-state index < -0.39 is 0 Å². The second-order valence-corrected chi connectivity index (χ2v) is 8.67. The van der Waals surface area contributed by atoms with E-state index in [4.69, 9.17) is 0 Å². The van der Waals surface area contributed by atoms with E-state index in [1.54, 1.807) is 6.21 Å². The summed E-state index contributed by atoms with van der Waals surface area (Å²) in [5.74, 6) is -0.123. The Balaban J connectivity index is 1.49. The number of rotatable bonds is 6. The highest BCUT2D eigenvalue weighted by molar-refractivity contribution is 9.10. The van der Waals surface area contributed by atoms with Crippen molar-refractivity contribution in [3.05, 3.63) is 105 Å². The fourth-order valence-electron chi connectivity index (χ4n) is 3.73. The number of carbonyl (C=O) groups is 1. The third-order valence-corrected chi connectivity index (χ3v) is 5.86. The topological polar surface area (TPSA) is 46.4 Å². The van der Waals surface area contributed by atoms with Gasteiger partial charge in [0.15, 0.2) is 0 Å². The number of halogens is 1. The molecule has 0 aliphatic heterocycles. The Hall–Kier alpha value is -3.18. The number of aromatic nitrogens is 1. The van der Waals surface area contributed by atoms with Gasteiger partial charge in [0.25, 0.3) is 0 Å². The van der Waals surface area contributed by atoms with Crippen molar-refractivity contribution in [2.75, 3.05) is 0 Å². The summed E-state index contributed by atoms with van der Waals surface area (Å²) >= 11 is 3.48. The van der Waals surface area contributed by atoms with Crippen LogP contribution in [0.3, 0.4) is 0 Å². The Labute approximate surface area is 190 Å². The van der Waals surface area contributed by atoms with Crippen molar-refractivity contribution >= 4 is 39.0 Å². The fourth-order valence-corrected chi connectivity index (χ4v) is 3.99. The fraction of sp³-hybridized carbons (Fsp3) is 0.154. The van der Waals surface area contributed by atoms with Gasteiger partial charge in [0.2, 0.25) is 5.91 Å². The smallest absolute Gasteiger partial charge is 0.244 e. The van der Waals surface area contributed by atoms with Crippen LogP contribution in [-0.4, -0.2) is 16.7 Å². The van der Waals surface area contributed by atoms with Crippen LogP contribution >= 0.6 is 15.9 Å². The molecule has 0 saturated carbocycles. The number of para-hydroxylation sites is 1. The molecule has 3 aromatic carbocycles. The molecule has 156 valence electrons. The molecule has 4 aromatic rings. The number of benzene rings is 3. The Morgan fingerprint density at radius 2 is 1.84 bits per heavy atom. The van der Waals surface area contributed by atoms with Gasteiger partial charge in [-0.05, 0) is 48.7 Å². The standard InChI is InChI=1S/C26H24BrN3O/c1-18-7-10-21(19(2)13-18)14-26(31)29-28-15-22-17-30(25-6-4-3-5-24(22)25)16-20-8-11-23(27)12-9-20/h3-13,15,17H,14,16H2,1-2H3,(H,29,31)/b28-15+. The summed E-state index contributed by atoms with van der Waals surface area (Å²) in [6.07, 6.45) is 4.11. The zero-order valence-electron chi connectivity index (χ0n) is 17.6. The minimum atomic E-state index is -0.123. The maximum Gasteiger partial charge on any atom is 0.244 e. The van der Waals surface area contributed by atoms with Gasteiger partial charge in [-0.25, -0.2) is 5.43 Å². The molecule has 0 spiro atoms. The van der Waals surface area contributed by atoms with Gasteiger partial charge in [-0.3, -0.25) is 4.79 Å². The molecule has 4 nitrogen and oxygen atoms in total. The van der Waals surface area contributed by atoms with E-state index in [-0.39, 0.29) is 5.91 Å². The molecule has 0 fully saturated rings. The van der Waals surface area contributed by atoms with Crippen LogP contribution in [0.2, 0.25) is 0 Å². The van der Waals surface area contributed by atoms with Crippen LogP contribution in [0.15, 0.2) is 82.5 Å². The number of hydrogen-bond acceptors (Lipinski definition) is 2. The van der Waals surface area contributed by atoms with Gasteiger partial charge in [0.05, 0.1) is 12.6 Å². The SMILES string of the molecule is Cc1ccc(CC(=O)N/N=C/c2cn(Cc3ccc(Br)cc3)c3ccccc23)c(C)c1. The van der Waals surface area contributed by atoms with Crippen LogP contribution < -0.4 is 5.43 Å². The Kier molecular flexibility index (Phi) is 6.33. The number of nitrogens with one attached hydrogen (secondary N) is 1. The Bertz CT molecular complexity index is 1260. The molecule has 1 N–H and O–H groups in total. The first-order chi connectivity index (χ1) is 15.0. The zero-order chi connectivity index (χ0) is 21.8. The molecule has 1 aromatic heterocycles. The summed E-state index contributed by atoms with van der Waals surface area (Å²) in [6.45, 7) is 4.84. The van der Waals surface area contributed by atoms with Gasteiger partial charge in [-0.2, -0.15) is 5.10 Å². The van der Waals surface area contributed by atoms with E-state index in [9.17, 15) is 4.79 Å². The van der Waals surface area contributed by atoms with Crippen molar-refractivity contribution in [3.63, 3.8) is 0 Å². The molecule has 0 aliphatic carbocycles. The highest BCUT2D eigenvalue weighted by Crippen LogP contribution is 2.22. The average molecular weight is 474 g/mol. The maximum atomic E-state index is 12.3. The highest BCUT2D eigenvalue weighted by Gasteiger charge is 2.08. The van der Waals surface area contributed by atoms with Gasteiger partial charge in [0, 0.05) is 33.7 Å². The van der Waals surface area contributed by atoms with E-state index in [0.29, 0.717) is 6.42 Å². The second-order valence-electron chi connectivity index (χ2n) is 7.76. The van der Waals surface area contributed by atoms with Crippen LogP contribution in [0.1, 0.15) is 27.8 Å². The molecular formula is C26H24BrN3O. The van der Waals surface area contributed by atoms with E-state index in [0.717, 1.165) is 38.6 Å². The summed E-state index contributed by atoms with van der Waals surface area (Å²) in [4.78, 5) is 12.3. The lowest BCUT2D eigenvalue weighted by Crippen LogP contribution is -2.20. The summed E-state index contributed by atoms with van der Waals surface area (Å²) < 4.78 is 3.27. The predicted molar refractivity (Wildman–Crippen MR) is 131 cm³/mol. The van der Waals surface area contributed by atoms with Crippen molar-refractivity contribution in [1.29, 1.82) is 0 Å². The summed E-state index contributed by atoms with van der Waals surface area (Å²) in [6, 6.07) is 22.7. The summed E-state index contributed by atoms with van der Waals surface area (Å²) in [5, 5.41) is 5.33.